The summed E-state index contributed by atoms with van der Waals surface area (Å²) in [5.41, 5.74) is 1.51. The Morgan fingerprint density at radius 1 is 1.29 bits per heavy atom. The molecule has 0 N–H and O–H groups in total. The number of fused-ring (bicyclic) bond motifs is 1. The number of carbonyl (C=O) groups excluding carboxylic acids is 3. The van der Waals surface area contributed by atoms with Gasteiger partial charge in [0, 0.05) is 12.5 Å². The number of benzene rings is 1. The van der Waals surface area contributed by atoms with Crippen LogP contribution in [0.25, 0.3) is 0 Å². The highest BCUT2D eigenvalue weighted by atomic mass is 16.6. The lowest BCUT2D eigenvalue weighted by molar-refractivity contribution is -0.160. The summed E-state index contributed by atoms with van der Waals surface area (Å²) in [7, 11) is 0. The fraction of sp³-hybridized carbons (Fsp3) is 0.308. The number of esters is 2. The quantitative estimate of drug-likeness (QED) is 0.544. The molecule has 1 atom stereocenters. The second-order valence-corrected chi connectivity index (χ2v) is 4.03. The van der Waals surface area contributed by atoms with Gasteiger partial charge in [0.2, 0.25) is 0 Å². The van der Waals surface area contributed by atoms with Crippen molar-refractivity contribution in [2.45, 2.75) is 19.8 Å². The van der Waals surface area contributed by atoms with Crippen LogP contribution in [0.2, 0.25) is 0 Å². The first-order valence-electron chi connectivity index (χ1n) is 5.44. The second kappa shape index (κ2) is 4.49. The van der Waals surface area contributed by atoms with Gasteiger partial charge in [-0.2, -0.15) is 0 Å². The molecule has 4 heteroatoms. The molecule has 1 aliphatic carbocycles. The van der Waals surface area contributed by atoms with Crippen molar-refractivity contribution in [3.8, 4) is 0 Å². The summed E-state index contributed by atoms with van der Waals surface area (Å²) in [6.07, 6.45) is 1.06. The van der Waals surface area contributed by atoms with Crippen molar-refractivity contribution in [3.63, 3.8) is 0 Å². The SMILES string of the molecule is CC(=O)OC(=O)C1CCc2ccccc2C1=O. The van der Waals surface area contributed by atoms with Crippen LogP contribution < -0.4 is 0 Å². The van der Waals surface area contributed by atoms with Crippen LogP contribution in [-0.2, 0) is 20.7 Å². The molecule has 1 aliphatic rings. The molecule has 17 heavy (non-hydrogen) atoms. The molecule has 0 radical (unpaired) electrons. The third kappa shape index (κ3) is 2.25. The Kier molecular flexibility index (Phi) is 3.04. The number of hydrogen-bond donors (Lipinski definition) is 0. The molecule has 0 aromatic heterocycles. The minimum absolute atomic E-state index is 0.252. The predicted molar refractivity (Wildman–Crippen MR) is 59.4 cm³/mol. The molecule has 1 unspecified atom stereocenters. The topological polar surface area (TPSA) is 60.4 Å². The first kappa shape index (κ1) is 11.5. The van der Waals surface area contributed by atoms with Crippen LogP contribution in [0.1, 0.15) is 29.3 Å². The molecule has 1 aromatic carbocycles. The predicted octanol–water partition coefficient (Wildman–Crippen LogP) is 1.52. The molecular formula is C13H12O4. The largest absolute Gasteiger partial charge is 0.393 e. The summed E-state index contributed by atoms with van der Waals surface area (Å²) in [6.45, 7) is 1.15. The number of ketones is 1. The van der Waals surface area contributed by atoms with E-state index in [9.17, 15) is 14.4 Å². The van der Waals surface area contributed by atoms with Gasteiger partial charge in [0.1, 0.15) is 5.92 Å². The molecule has 0 heterocycles. The van der Waals surface area contributed by atoms with E-state index < -0.39 is 17.9 Å². The van der Waals surface area contributed by atoms with Crippen LogP contribution in [0.5, 0.6) is 0 Å². The van der Waals surface area contributed by atoms with Crippen molar-refractivity contribution in [3.05, 3.63) is 35.4 Å². The Morgan fingerprint density at radius 3 is 2.71 bits per heavy atom. The Morgan fingerprint density at radius 2 is 2.00 bits per heavy atom. The number of aryl methyl sites for hydroxylation is 1. The fourth-order valence-electron chi connectivity index (χ4n) is 2.04. The van der Waals surface area contributed by atoms with E-state index >= 15 is 0 Å². The zero-order chi connectivity index (χ0) is 12.4. The van der Waals surface area contributed by atoms with Crippen molar-refractivity contribution >= 4 is 17.7 Å². The van der Waals surface area contributed by atoms with E-state index in [0.29, 0.717) is 18.4 Å². The van der Waals surface area contributed by atoms with Crippen LogP contribution in [-0.4, -0.2) is 17.7 Å². The number of Topliss-reactive ketones (excluding diaryl/α,β-unsaturated/α-hetero) is 1. The van der Waals surface area contributed by atoms with Gasteiger partial charge in [-0.1, -0.05) is 24.3 Å². The Hall–Kier alpha value is -1.97. The molecule has 1 aromatic rings. The lowest BCUT2D eigenvalue weighted by Gasteiger charge is -2.21. The van der Waals surface area contributed by atoms with Gasteiger partial charge in [-0.3, -0.25) is 14.4 Å². The maximum absolute atomic E-state index is 12.0. The Bertz CT molecular complexity index is 490. The van der Waals surface area contributed by atoms with Gasteiger partial charge in [0.25, 0.3) is 0 Å². The summed E-state index contributed by atoms with van der Waals surface area (Å²) in [4.78, 5) is 34.3. The zero-order valence-corrected chi connectivity index (χ0v) is 9.43. The molecule has 0 bridgehead atoms. The molecular weight excluding hydrogens is 220 g/mol. The molecule has 0 saturated heterocycles. The minimum Gasteiger partial charge on any atom is -0.393 e. The summed E-state index contributed by atoms with van der Waals surface area (Å²) >= 11 is 0. The smallest absolute Gasteiger partial charge is 0.324 e. The van der Waals surface area contributed by atoms with Crippen molar-refractivity contribution in [2.24, 2.45) is 5.92 Å². The molecule has 0 saturated carbocycles. The summed E-state index contributed by atoms with van der Waals surface area (Å²) in [6, 6.07) is 7.19. The van der Waals surface area contributed by atoms with Gasteiger partial charge in [-0.15, -0.1) is 0 Å². The molecule has 0 fully saturated rings. The maximum atomic E-state index is 12.0. The number of ether oxygens (including phenoxy) is 1. The monoisotopic (exact) mass is 232 g/mol. The fourth-order valence-corrected chi connectivity index (χ4v) is 2.04. The lowest BCUT2D eigenvalue weighted by Crippen LogP contribution is -2.31. The van der Waals surface area contributed by atoms with Gasteiger partial charge in [-0.25, -0.2) is 0 Å². The minimum atomic E-state index is -0.839. The van der Waals surface area contributed by atoms with Crippen LogP contribution in [0.4, 0.5) is 0 Å². The standard InChI is InChI=1S/C13H12O4/c1-8(14)17-13(16)11-7-6-9-4-2-3-5-10(9)12(11)15/h2-5,11H,6-7H2,1H3. The molecule has 2 rings (SSSR count). The molecule has 88 valence electrons. The van der Waals surface area contributed by atoms with Crippen molar-refractivity contribution < 1.29 is 19.1 Å². The molecule has 4 nitrogen and oxygen atoms in total. The van der Waals surface area contributed by atoms with E-state index in [2.05, 4.69) is 4.74 Å². The highest BCUT2D eigenvalue weighted by molar-refractivity contribution is 6.11. The second-order valence-electron chi connectivity index (χ2n) is 4.03. The first-order chi connectivity index (χ1) is 8.09. The first-order valence-corrected chi connectivity index (χ1v) is 5.44. The van der Waals surface area contributed by atoms with Crippen molar-refractivity contribution in [1.29, 1.82) is 0 Å². The summed E-state index contributed by atoms with van der Waals surface area (Å²) in [5.74, 6) is -2.51. The van der Waals surface area contributed by atoms with E-state index in [4.69, 9.17) is 0 Å². The average molecular weight is 232 g/mol. The maximum Gasteiger partial charge on any atom is 0.324 e. The summed E-state index contributed by atoms with van der Waals surface area (Å²) in [5, 5.41) is 0. The van der Waals surface area contributed by atoms with E-state index in [1.807, 2.05) is 12.1 Å². The zero-order valence-electron chi connectivity index (χ0n) is 9.43. The van der Waals surface area contributed by atoms with Gasteiger partial charge >= 0.3 is 11.9 Å². The Labute approximate surface area is 98.6 Å². The lowest BCUT2D eigenvalue weighted by atomic mass is 9.83. The normalized spacial score (nSPS) is 18.4. The van der Waals surface area contributed by atoms with E-state index in [1.54, 1.807) is 12.1 Å². The van der Waals surface area contributed by atoms with Crippen LogP contribution in [0.15, 0.2) is 24.3 Å². The van der Waals surface area contributed by atoms with Crippen LogP contribution >= 0.6 is 0 Å². The molecule has 0 aliphatic heterocycles. The van der Waals surface area contributed by atoms with Crippen LogP contribution in [0, 0.1) is 5.92 Å². The van der Waals surface area contributed by atoms with E-state index in [-0.39, 0.29) is 5.78 Å². The van der Waals surface area contributed by atoms with Crippen molar-refractivity contribution in [2.75, 3.05) is 0 Å². The van der Waals surface area contributed by atoms with E-state index in [0.717, 1.165) is 12.5 Å². The van der Waals surface area contributed by atoms with Gasteiger partial charge in [0.15, 0.2) is 5.78 Å². The number of rotatable bonds is 1. The Balaban J connectivity index is 2.23. The van der Waals surface area contributed by atoms with Crippen LogP contribution in [0.3, 0.4) is 0 Å². The third-order valence-electron chi connectivity index (χ3n) is 2.83. The molecule has 0 spiro atoms. The van der Waals surface area contributed by atoms with Gasteiger partial charge in [-0.05, 0) is 18.4 Å². The number of carbonyl (C=O) groups is 3. The van der Waals surface area contributed by atoms with Crippen molar-refractivity contribution in [1.82, 2.24) is 0 Å². The summed E-state index contributed by atoms with van der Waals surface area (Å²) < 4.78 is 4.48. The van der Waals surface area contributed by atoms with Gasteiger partial charge < -0.3 is 4.74 Å². The average Bonchev–Trinajstić information content (AvgIpc) is 2.28. The third-order valence-corrected chi connectivity index (χ3v) is 2.83. The highest BCUT2D eigenvalue weighted by Crippen LogP contribution is 2.26. The number of hydrogen-bond acceptors (Lipinski definition) is 4. The van der Waals surface area contributed by atoms with E-state index in [1.165, 1.54) is 0 Å². The molecule has 0 amide bonds. The highest BCUT2D eigenvalue weighted by Gasteiger charge is 2.34. The van der Waals surface area contributed by atoms with Gasteiger partial charge in [0.05, 0.1) is 0 Å².